The largest absolute Gasteiger partial charge is 0.355 e. The Kier molecular flexibility index (Phi) is 3.42. The van der Waals surface area contributed by atoms with E-state index in [-0.39, 0.29) is 0 Å². The zero-order valence-electron chi connectivity index (χ0n) is 13.1. The van der Waals surface area contributed by atoms with Crippen LogP contribution < -0.4 is 0 Å². The SMILES string of the molecule is Cc1ccc(-c2ccc(-c3ccc(C)cc3C)[nH]2)c(C)c1. The minimum absolute atomic E-state index is 1.18. The molecule has 0 radical (unpaired) electrons. The predicted molar refractivity (Wildman–Crippen MR) is 90.6 cm³/mol. The molecule has 0 saturated carbocycles. The number of aryl methyl sites for hydroxylation is 4. The van der Waals surface area contributed by atoms with Crippen LogP contribution in [0.1, 0.15) is 22.3 Å². The summed E-state index contributed by atoms with van der Waals surface area (Å²) in [5, 5.41) is 0. The van der Waals surface area contributed by atoms with Crippen LogP contribution in [0, 0.1) is 27.7 Å². The average Bonchev–Trinajstić information content (AvgIpc) is 2.87. The van der Waals surface area contributed by atoms with Gasteiger partial charge in [0, 0.05) is 22.5 Å². The van der Waals surface area contributed by atoms with Gasteiger partial charge in [0.05, 0.1) is 0 Å². The van der Waals surface area contributed by atoms with E-state index in [9.17, 15) is 0 Å². The summed E-state index contributed by atoms with van der Waals surface area (Å²) >= 11 is 0. The molecule has 0 amide bonds. The van der Waals surface area contributed by atoms with E-state index >= 15 is 0 Å². The third-order valence-electron chi connectivity index (χ3n) is 4.03. The molecule has 3 rings (SSSR count). The van der Waals surface area contributed by atoms with Crippen molar-refractivity contribution in [3.8, 4) is 22.5 Å². The molecule has 1 N–H and O–H groups in total. The highest BCUT2D eigenvalue weighted by Crippen LogP contribution is 2.29. The Bertz CT molecular complexity index is 727. The minimum atomic E-state index is 1.18. The van der Waals surface area contributed by atoms with E-state index in [4.69, 9.17) is 0 Å². The van der Waals surface area contributed by atoms with Crippen LogP contribution >= 0.6 is 0 Å². The molecule has 0 saturated heterocycles. The fraction of sp³-hybridized carbons (Fsp3) is 0.200. The standard InChI is InChI=1S/C20H21N/c1-13-5-7-17(15(3)11-13)19-9-10-20(21-19)18-8-6-14(2)12-16(18)4/h5-12,21H,1-4H3. The summed E-state index contributed by atoms with van der Waals surface area (Å²) in [5.74, 6) is 0. The lowest BCUT2D eigenvalue weighted by Gasteiger charge is -2.07. The Balaban J connectivity index is 2.03. The molecule has 0 unspecified atom stereocenters. The van der Waals surface area contributed by atoms with Crippen molar-refractivity contribution in [1.82, 2.24) is 4.98 Å². The fourth-order valence-corrected chi connectivity index (χ4v) is 2.94. The van der Waals surface area contributed by atoms with Gasteiger partial charge in [-0.15, -0.1) is 0 Å². The first-order valence-electron chi connectivity index (χ1n) is 7.39. The number of hydrogen-bond donors (Lipinski definition) is 1. The third kappa shape index (κ3) is 2.64. The smallest absolute Gasteiger partial charge is 0.0461 e. The number of aromatic nitrogens is 1. The third-order valence-corrected chi connectivity index (χ3v) is 4.03. The highest BCUT2D eigenvalue weighted by atomic mass is 14.7. The van der Waals surface area contributed by atoms with Crippen LogP contribution in [0.5, 0.6) is 0 Å². The zero-order chi connectivity index (χ0) is 15.0. The quantitative estimate of drug-likeness (QED) is 0.628. The molecule has 3 aromatic rings. The van der Waals surface area contributed by atoms with Crippen LogP contribution in [0.25, 0.3) is 22.5 Å². The van der Waals surface area contributed by atoms with E-state index in [1.807, 2.05) is 0 Å². The maximum absolute atomic E-state index is 3.57. The second-order valence-corrected chi connectivity index (χ2v) is 5.92. The first-order chi connectivity index (χ1) is 10.0. The summed E-state index contributed by atoms with van der Waals surface area (Å²) in [5.41, 5.74) is 10.1. The van der Waals surface area contributed by atoms with E-state index < -0.39 is 0 Å². The van der Waals surface area contributed by atoms with Crippen LogP contribution in [0.4, 0.5) is 0 Å². The molecule has 1 nitrogen and oxygen atoms in total. The van der Waals surface area contributed by atoms with Crippen molar-refractivity contribution >= 4 is 0 Å². The van der Waals surface area contributed by atoms with Gasteiger partial charge in [0.25, 0.3) is 0 Å². The number of aromatic amines is 1. The van der Waals surface area contributed by atoms with Crippen LogP contribution in [0.15, 0.2) is 48.5 Å². The van der Waals surface area contributed by atoms with Gasteiger partial charge in [-0.05, 0) is 51.0 Å². The number of hydrogen-bond acceptors (Lipinski definition) is 0. The van der Waals surface area contributed by atoms with Crippen molar-refractivity contribution in [2.75, 3.05) is 0 Å². The topological polar surface area (TPSA) is 15.8 Å². The van der Waals surface area contributed by atoms with Gasteiger partial charge < -0.3 is 4.98 Å². The summed E-state index contributed by atoms with van der Waals surface area (Å²) in [6, 6.07) is 17.5. The van der Waals surface area contributed by atoms with Gasteiger partial charge in [-0.2, -0.15) is 0 Å². The van der Waals surface area contributed by atoms with Crippen molar-refractivity contribution in [2.24, 2.45) is 0 Å². The normalized spacial score (nSPS) is 10.9. The molecule has 106 valence electrons. The van der Waals surface area contributed by atoms with Crippen molar-refractivity contribution in [3.63, 3.8) is 0 Å². The number of nitrogens with one attached hydrogen (secondary N) is 1. The molecular formula is C20H21N. The second-order valence-electron chi connectivity index (χ2n) is 5.92. The molecule has 0 bridgehead atoms. The Morgan fingerprint density at radius 1 is 0.571 bits per heavy atom. The molecule has 0 aliphatic rings. The highest BCUT2D eigenvalue weighted by molar-refractivity contribution is 5.72. The molecule has 2 aromatic carbocycles. The molecule has 0 aliphatic heterocycles. The Morgan fingerprint density at radius 2 is 1.00 bits per heavy atom. The van der Waals surface area contributed by atoms with Crippen molar-refractivity contribution < 1.29 is 0 Å². The van der Waals surface area contributed by atoms with Crippen molar-refractivity contribution in [2.45, 2.75) is 27.7 Å². The summed E-state index contributed by atoms with van der Waals surface area (Å²) in [6.45, 7) is 8.60. The Hall–Kier alpha value is -2.28. The first kappa shape index (κ1) is 13.7. The zero-order valence-corrected chi connectivity index (χ0v) is 13.1. The predicted octanol–water partition coefficient (Wildman–Crippen LogP) is 5.58. The molecule has 0 fully saturated rings. The molecular weight excluding hydrogens is 254 g/mol. The fourth-order valence-electron chi connectivity index (χ4n) is 2.94. The molecule has 0 spiro atoms. The average molecular weight is 275 g/mol. The molecule has 1 heterocycles. The Labute approximate surface area is 126 Å². The van der Waals surface area contributed by atoms with Gasteiger partial charge in [-0.25, -0.2) is 0 Å². The summed E-state index contributed by atoms with van der Waals surface area (Å²) in [4.78, 5) is 3.57. The Morgan fingerprint density at radius 3 is 1.38 bits per heavy atom. The lowest BCUT2D eigenvalue weighted by atomic mass is 10.0. The van der Waals surface area contributed by atoms with Gasteiger partial charge in [0.2, 0.25) is 0 Å². The maximum Gasteiger partial charge on any atom is 0.0461 e. The second kappa shape index (κ2) is 5.25. The van der Waals surface area contributed by atoms with Gasteiger partial charge in [-0.3, -0.25) is 0 Å². The van der Waals surface area contributed by atoms with Gasteiger partial charge in [-0.1, -0.05) is 47.5 Å². The van der Waals surface area contributed by atoms with E-state index in [1.54, 1.807) is 0 Å². The van der Waals surface area contributed by atoms with E-state index in [1.165, 1.54) is 44.8 Å². The van der Waals surface area contributed by atoms with E-state index in [2.05, 4.69) is 81.2 Å². The van der Waals surface area contributed by atoms with Crippen molar-refractivity contribution in [1.29, 1.82) is 0 Å². The highest BCUT2D eigenvalue weighted by Gasteiger charge is 2.08. The molecule has 0 atom stereocenters. The van der Waals surface area contributed by atoms with Gasteiger partial charge in [0.15, 0.2) is 0 Å². The number of rotatable bonds is 2. The molecule has 0 aliphatic carbocycles. The van der Waals surface area contributed by atoms with E-state index in [0.717, 1.165) is 0 Å². The number of benzene rings is 2. The van der Waals surface area contributed by atoms with Crippen LogP contribution in [0.2, 0.25) is 0 Å². The van der Waals surface area contributed by atoms with Crippen molar-refractivity contribution in [3.05, 3.63) is 70.8 Å². The van der Waals surface area contributed by atoms with Gasteiger partial charge in [0.1, 0.15) is 0 Å². The lowest BCUT2D eigenvalue weighted by Crippen LogP contribution is -1.87. The number of H-pyrrole nitrogens is 1. The molecule has 1 aromatic heterocycles. The molecule has 21 heavy (non-hydrogen) atoms. The minimum Gasteiger partial charge on any atom is -0.355 e. The lowest BCUT2D eigenvalue weighted by molar-refractivity contribution is 1.32. The summed E-state index contributed by atoms with van der Waals surface area (Å²) in [7, 11) is 0. The van der Waals surface area contributed by atoms with Crippen LogP contribution in [0.3, 0.4) is 0 Å². The van der Waals surface area contributed by atoms with Crippen LogP contribution in [-0.4, -0.2) is 4.98 Å². The van der Waals surface area contributed by atoms with Gasteiger partial charge >= 0.3 is 0 Å². The monoisotopic (exact) mass is 275 g/mol. The van der Waals surface area contributed by atoms with Crippen LogP contribution in [-0.2, 0) is 0 Å². The first-order valence-corrected chi connectivity index (χ1v) is 7.39. The summed E-state index contributed by atoms with van der Waals surface area (Å²) < 4.78 is 0. The molecule has 1 heteroatoms. The van der Waals surface area contributed by atoms with E-state index in [0.29, 0.717) is 0 Å². The summed E-state index contributed by atoms with van der Waals surface area (Å²) in [6.07, 6.45) is 0. The maximum atomic E-state index is 3.57.